The van der Waals surface area contributed by atoms with E-state index in [-0.39, 0.29) is 5.91 Å². The van der Waals surface area contributed by atoms with E-state index in [1.165, 1.54) is 17.7 Å². The number of likely N-dealkylation sites (N-methyl/N-ethyl adjacent to an activating group) is 1. The van der Waals surface area contributed by atoms with Crippen molar-refractivity contribution in [1.29, 1.82) is 0 Å². The summed E-state index contributed by atoms with van der Waals surface area (Å²) in [6.45, 7) is 6.10. The Labute approximate surface area is 92.4 Å². The SMILES string of the molecule is CON(C)C(=O)/C=C(\C)CCC=C(C)C. The highest BCUT2D eigenvalue weighted by molar-refractivity contribution is 5.87. The van der Waals surface area contributed by atoms with E-state index in [0.717, 1.165) is 18.4 Å². The molecule has 0 aliphatic heterocycles. The smallest absolute Gasteiger partial charge is 0.269 e. The molecule has 0 saturated carbocycles. The Kier molecular flexibility index (Phi) is 6.71. The number of hydrogen-bond donors (Lipinski definition) is 0. The molecule has 0 N–H and O–H groups in total. The van der Waals surface area contributed by atoms with E-state index >= 15 is 0 Å². The van der Waals surface area contributed by atoms with E-state index in [1.807, 2.05) is 6.92 Å². The van der Waals surface area contributed by atoms with Gasteiger partial charge in [-0.3, -0.25) is 9.63 Å². The van der Waals surface area contributed by atoms with E-state index < -0.39 is 0 Å². The summed E-state index contributed by atoms with van der Waals surface area (Å²) in [4.78, 5) is 16.2. The van der Waals surface area contributed by atoms with Crippen molar-refractivity contribution in [3.8, 4) is 0 Å². The summed E-state index contributed by atoms with van der Waals surface area (Å²) >= 11 is 0. The maximum atomic E-state index is 11.4. The molecule has 1 amide bonds. The van der Waals surface area contributed by atoms with Gasteiger partial charge in [0.25, 0.3) is 5.91 Å². The van der Waals surface area contributed by atoms with Crippen molar-refractivity contribution in [2.45, 2.75) is 33.6 Å². The first-order valence-corrected chi connectivity index (χ1v) is 5.09. The minimum absolute atomic E-state index is 0.118. The van der Waals surface area contributed by atoms with Crippen LogP contribution >= 0.6 is 0 Å². The van der Waals surface area contributed by atoms with Crippen molar-refractivity contribution in [3.63, 3.8) is 0 Å². The molecule has 0 aliphatic carbocycles. The van der Waals surface area contributed by atoms with Gasteiger partial charge in [-0.05, 0) is 33.6 Å². The van der Waals surface area contributed by atoms with Crippen LogP contribution in [0.25, 0.3) is 0 Å². The first-order valence-electron chi connectivity index (χ1n) is 5.09. The third kappa shape index (κ3) is 6.91. The van der Waals surface area contributed by atoms with E-state index in [0.29, 0.717) is 0 Å². The maximum absolute atomic E-state index is 11.4. The summed E-state index contributed by atoms with van der Waals surface area (Å²) in [7, 11) is 3.08. The van der Waals surface area contributed by atoms with Crippen molar-refractivity contribution < 1.29 is 9.63 Å². The Hall–Kier alpha value is -1.09. The summed E-state index contributed by atoms with van der Waals surface area (Å²) in [5.74, 6) is -0.118. The second kappa shape index (κ2) is 7.23. The summed E-state index contributed by atoms with van der Waals surface area (Å²) in [6, 6.07) is 0. The lowest BCUT2D eigenvalue weighted by Gasteiger charge is -2.11. The molecule has 0 unspecified atom stereocenters. The number of nitrogens with zero attached hydrogens (tertiary/aromatic N) is 1. The number of hydrogen-bond acceptors (Lipinski definition) is 2. The zero-order valence-electron chi connectivity index (χ0n) is 10.3. The first kappa shape index (κ1) is 13.9. The van der Waals surface area contributed by atoms with Crippen LogP contribution in [0.15, 0.2) is 23.3 Å². The lowest BCUT2D eigenvalue weighted by atomic mass is 10.1. The molecule has 0 fully saturated rings. The fourth-order valence-electron chi connectivity index (χ4n) is 1.05. The largest absolute Gasteiger partial charge is 0.274 e. The highest BCUT2D eigenvalue weighted by Crippen LogP contribution is 2.07. The van der Waals surface area contributed by atoms with Gasteiger partial charge in [0.05, 0.1) is 7.11 Å². The van der Waals surface area contributed by atoms with Crippen LogP contribution in [0.4, 0.5) is 0 Å². The van der Waals surface area contributed by atoms with Gasteiger partial charge in [0.2, 0.25) is 0 Å². The predicted molar refractivity (Wildman–Crippen MR) is 62.2 cm³/mol. The number of allylic oxidation sites excluding steroid dienone is 3. The molecule has 0 aliphatic rings. The van der Waals surface area contributed by atoms with Gasteiger partial charge < -0.3 is 0 Å². The van der Waals surface area contributed by atoms with Crippen molar-refractivity contribution in [2.75, 3.05) is 14.2 Å². The minimum Gasteiger partial charge on any atom is -0.274 e. The van der Waals surface area contributed by atoms with Crippen molar-refractivity contribution in [1.82, 2.24) is 5.06 Å². The molecule has 0 heterocycles. The lowest BCUT2D eigenvalue weighted by molar-refractivity contribution is -0.162. The molecular weight excluding hydrogens is 190 g/mol. The quantitative estimate of drug-likeness (QED) is 0.397. The Bertz CT molecular complexity index is 263. The van der Waals surface area contributed by atoms with Crippen molar-refractivity contribution in [3.05, 3.63) is 23.3 Å². The normalized spacial score (nSPS) is 11.1. The highest BCUT2D eigenvalue weighted by Gasteiger charge is 2.03. The molecule has 0 spiro atoms. The van der Waals surface area contributed by atoms with Crippen LogP contribution in [0.1, 0.15) is 33.6 Å². The molecule has 0 aromatic carbocycles. The molecule has 3 heteroatoms. The molecule has 0 aromatic rings. The number of carbonyl (C=O) groups excluding carboxylic acids is 1. The van der Waals surface area contributed by atoms with Gasteiger partial charge >= 0.3 is 0 Å². The molecule has 3 nitrogen and oxygen atoms in total. The molecule has 0 radical (unpaired) electrons. The molecule has 0 rings (SSSR count). The Morgan fingerprint density at radius 2 is 1.93 bits per heavy atom. The Morgan fingerprint density at radius 1 is 1.33 bits per heavy atom. The van der Waals surface area contributed by atoms with Crippen LogP contribution in [0.3, 0.4) is 0 Å². The van der Waals surface area contributed by atoms with Crippen LogP contribution in [0.5, 0.6) is 0 Å². The van der Waals surface area contributed by atoms with Gasteiger partial charge in [-0.2, -0.15) is 0 Å². The Morgan fingerprint density at radius 3 is 2.40 bits per heavy atom. The van der Waals surface area contributed by atoms with E-state index in [1.54, 1.807) is 13.1 Å². The number of hydroxylamine groups is 2. The molecule has 86 valence electrons. The van der Waals surface area contributed by atoms with Gasteiger partial charge in [0.1, 0.15) is 0 Å². The molecule has 0 atom stereocenters. The second-order valence-corrected chi connectivity index (χ2v) is 3.83. The first-order chi connectivity index (χ1) is 6.97. The van der Waals surface area contributed by atoms with E-state index in [9.17, 15) is 4.79 Å². The van der Waals surface area contributed by atoms with Crippen LogP contribution in [-0.4, -0.2) is 25.1 Å². The summed E-state index contributed by atoms with van der Waals surface area (Å²) in [6.07, 6.45) is 5.67. The zero-order valence-corrected chi connectivity index (χ0v) is 10.3. The summed E-state index contributed by atoms with van der Waals surface area (Å²) in [5.41, 5.74) is 2.38. The lowest BCUT2D eigenvalue weighted by Crippen LogP contribution is -2.23. The van der Waals surface area contributed by atoms with E-state index in [2.05, 4.69) is 19.9 Å². The fourth-order valence-corrected chi connectivity index (χ4v) is 1.05. The van der Waals surface area contributed by atoms with Crippen LogP contribution in [0.2, 0.25) is 0 Å². The number of carbonyl (C=O) groups is 1. The number of amides is 1. The molecular formula is C12H21NO2. The van der Waals surface area contributed by atoms with Gasteiger partial charge in [0, 0.05) is 13.1 Å². The highest BCUT2D eigenvalue weighted by atomic mass is 16.7. The van der Waals surface area contributed by atoms with E-state index in [4.69, 9.17) is 4.84 Å². The molecule has 0 bridgehead atoms. The molecule has 15 heavy (non-hydrogen) atoms. The standard InChI is InChI=1S/C12H21NO2/c1-10(2)7-6-8-11(3)9-12(14)13(4)15-5/h7,9H,6,8H2,1-5H3/b11-9+. The zero-order chi connectivity index (χ0) is 11.8. The third-order valence-electron chi connectivity index (χ3n) is 2.05. The van der Waals surface area contributed by atoms with Gasteiger partial charge in [-0.15, -0.1) is 0 Å². The topological polar surface area (TPSA) is 29.5 Å². The monoisotopic (exact) mass is 211 g/mol. The van der Waals surface area contributed by atoms with Crippen LogP contribution < -0.4 is 0 Å². The fraction of sp³-hybridized carbons (Fsp3) is 0.583. The average molecular weight is 211 g/mol. The maximum Gasteiger partial charge on any atom is 0.269 e. The number of rotatable bonds is 5. The average Bonchev–Trinajstić information content (AvgIpc) is 2.15. The minimum atomic E-state index is -0.118. The van der Waals surface area contributed by atoms with Crippen LogP contribution in [0, 0.1) is 0 Å². The van der Waals surface area contributed by atoms with Gasteiger partial charge in [-0.1, -0.05) is 17.2 Å². The molecule has 0 saturated heterocycles. The molecule has 0 aromatic heterocycles. The van der Waals surface area contributed by atoms with Gasteiger partial charge in [-0.25, -0.2) is 5.06 Å². The second-order valence-electron chi connectivity index (χ2n) is 3.83. The summed E-state index contributed by atoms with van der Waals surface area (Å²) < 4.78 is 0. The van der Waals surface area contributed by atoms with Crippen molar-refractivity contribution in [2.24, 2.45) is 0 Å². The van der Waals surface area contributed by atoms with Gasteiger partial charge in [0.15, 0.2) is 0 Å². The Balaban J connectivity index is 4.09. The van der Waals surface area contributed by atoms with Crippen LogP contribution in [-0.2, 0) is 9.63 Å². The third-order valence-corrected chi connectivity index (χ3v) is 2.05. The van der Waals surface area contributed by atoms with Crippen molar-refractivity contribution >= 4 is 5.91 Å². The summed E-state index contributed by atoms with van der Waals surface area (Å²) in [5, 5.41) is 1.21. The predicted octanol–water partition coefficient (Wildman–Crippen LogP) is 2.70.